The van der Waals surface area contributed by atoms with E-state index in [1.54, 1.807) is 4.90 Å². The van der Waals surface area contributed by atoms with Gasteiger partial charge in [-0.2, -0.15) is 0 Å². The second-order valence-corrected chi connectivity index (χ2v) is 5.62. The second-order valence-electron chi connectivity index (χ2n) is 5.62. The third-order valence-electron chi connectivity index (χ3n) is 3.86. The summed E-state index contributed by atoms with van der Waals surface area (Å²) in [7, 11) is 0. The van der Waals surface area contributed by atoms with E-state index in [9.17, 15) is 14.7 Å². The van der Waals surface area contributed by atoms with Gasteiger partial charge in [0, 0.05) is 43.8 Å². The highest BCUT2D eigenvalue weighted by Gasteiger charge is 2.35. The number of aromatic nitrogens is 2. The Morgan fingerprint density at radius 3 is 2.95 bits per heavy atom. The van der Waals surface area contributed by atoms with Crippen LogP contribution in [0.25, 0.3) is 0 Å². The molecule has 2 atom stereocenters. The molecule has 0 aromatic carbocycles. The van der Waals surface area contributed by atoms with Crippen LogP contribution in [0.5, 0.6) is 0 Å². The van der Waals surface area contributed by atoms with Gasteiger partial charge in [-0.3, -0.25) is 9.59 Å². The van der Waals surface area contributed by atoms with Gasteiger partial charge >= 0.3 is 0 Å². The van der Waals surface area contributed by atoms with Crippen molar-refractivity contribution in [3.8, 4) is 0 Å². The minimum absolute atomic E-state index is 0.0842. The van der Waals surface area contributed by atoms with Crippen molar-refractivity contribution >= 4 is 5.91 Å². The van der Waals surface area contributed by atoms with Gasteiger partial charge in [-0.25, -0.2) is 0 Å². The minimum Gasteiger partial charge on any atom is -0.391 e. The molecule has 7 nitrogen and oxygen atoms in total. The lowest BCUT2D eigenvalue weighted by Crippen LogP contribution is -2.30. The predicted molar refractivity (Wildman–Crippen MR) is 77.4 cm³/mol. The standard InChI is InChI=1S/C15H17N3O4/c1-9-4-12(22-17-9)5-11-7-18(8-13(11)19)15(21)10-2-3-14(20)16-6-10/h2-4,6,11,13,19H,5,7-8H2,1H3,(H,16,20). The highest BCUT2D eigenvalue weighted by Crippen LogP contribution is 2.23. The van der Waals surface area contributed by atoms with Gasteiger partial charge in [0.2, 0.25) is 5.56 Å². The fourth-order valence-electron chi connectivity index (χ4n) is 2.72. The van der Waals surface area contributed by atoms with Gasteiger partial charge in [0.1, 0.15) is 5.76 Å². The van der Waals surface area contributed by atoms with Gasteiger partial charge in [0.05, 0.1) is 17.4 Å². The monoisotopic (exact) mass is 303 g/mol. The smallest absolute Gasteiger partial charge is 0.255 e. The lowest BCUT2D eigenvalue weighted by Gasteiger charge is -2.15. The van der Waals surface area contributed by atoms with Crippen LogP contribution in [-0.4, -0.2) is 45.2 Å². The van der Waals surface area contributed by atoms with Crippen LogP contribution in [0.2, 0.25) is 0 Å². The number of aliphatic hydroxyl groups is 1. The molecule has 7 heteroatoms. The lowest BCUT2D eigenvalue weighted by molar-refractivity contribution is 0.0764. The number of hydrogen-bond donors (Lipinski definition) is 2. The van der Waals surface area contributed by atoms with Crippen LogP contribution in [0.3, 0.4) is 0 Å². The minimum atomic E-state index is -0.600. The fraction of sp³-hybridized carbons (Fsp3) is 0.400. The molecular formula is C15H17N3O4. The third kappa shape index (κ3) is 2.94. The third-order valence-corrected chi connectivity index (χ3v) is 3.86. The van der Waals surface area contributed by atoms with Gasteiger partial charge in [-0.15, -0.1) is 0 Å². The van der Waals surface area contributed by atoms with Crippen molar-refractivity contribution in [2.24, 2.45) is 5.92 Å². The molecule has 1 saturated heterocycles. The Bertz CT molecular complexity index is 716. The molecule has 3 rings (SSSR count). The molecule has 3 heterocycles. The van der Waals surface area contributed by atoms with Gasteiger partial charge in [-0.1, -0.05) is 5.16 Å². The maximum absolute atomic E-state index is 12.4. The topological polar surface area (TPSA) is 99.4 Å². The number of likely N-dealkylation sites (tertiary alicyclic amines) is 1. The van der Waals surface area contributed by atoms with Crippen LogP contribution in [0.15, 0.2) is 33.7 Å². The molecule has 1 aliphatic rings. The molecule has 116 valence electrons. The van der Waals surface area contributed by atoms with Crippen LogP contribution < -0.4 is 5.56 Å². The molecule has 22 heavy (non-hydrogen) atoms. The number of nitrogens with zero attached hydrogens (tertiary/aromatic N) is 2. The van der Waals surface area contributed by atoms with Gasteiger partial charge in [0.15, 0.2) is 0 Å². The Morgan fingerprint density at radius 1 is 1.50 bits per heavy atom. The SMILES string of the molecule is Cc1cc(CC2CN(C(=O)c3ccc(=O)[nH]c3)CC2O)on1. The first-order valence-corrected chi connectivity index (χ1v) is 7.11. The van der Waals surface area contributed by atoms with Gasteiger partial charge in [-0.05, 0) is 13.0 Å². The van der Waals surface area contributed by atoms with E-state index in [1.807, 2.05) is 13.0 Å². The Balaban J connectivity index is 1.68. The summed E-state index contributed by atoms with van der Waals surface area (Å²) in [5.74, 6) is 0.422. The number of aromatic amines is 1. The molecule has 2 unspecified atom stereocenters. The zero-order chi connectivity index (χ0) is 15.7. The Kier molecular flexibility index (Phi) is 3.81. The number of carbonyl (C=O) groups excluding carboxylic acids is 1. The number of H-pyrrole nitrogens is 1. The fourth-order valence-corrected chi connectivity index (χ4v) is 2.72. The van der Waals surface area contributed by atoms with E-state index in [4.69, 9.17) is 4.52 Å². The average Bonchev–Trinajstić information content (AvgIpc) is 3.06. The molecule has 2 aromatic heterocycles. The van der Waals surface area contributed by atoms with E-state index in [0.29, 0.717) is 24.3 Å². The zero-order valence-corrected chi connectivity index (χ0v) is 12.2. The summed E-state index contributed by atoms with van der Waals surface area (Å²) in [5, 5.41) is 14.0. The number of pyridine rings is 1. The number of β-amino-alcohol motifs (C(OH)–C–C–N with tert-alkyl or cyclic N) is 1. The van der Waals surface area contributed by atoms with E-state index in [2.05, 4.69) is 10.1 Å². The molecule has 1 aliphatic heterocycles. The van der Waals surface area contributed by atoms with Crippen molar-refractivity contribution in [1.29, 1.82) is 0 Å². The van der Waals surface area contributed by atoms with E-state index < -0.39 is 6.10 Å². The summed E-state index contributed by atoms with van der Waals surface area (Å²) in [6.07, 6.45) is 1.33. The Labute approximate surface area is 126 Å². The van der Waals surface area contributed by atoms with E-state index in [0.717, 1.165) is 5.69 Å². The molecule has 0 aliphatic carbocycles. The number of amides is 1. The molecule has 0 radical (unpaired) electrons. The maximum atomic E-state index is 12.4. The molecular weight excluding hydrogens is 286 g/mol. The van der Waals surface area contributed by atoms with Crippen molar-refractivity contribution in [3.63, 3.8) is 0 Å². The van der Waals surface area contributed by atoms with Crippen molar-refractivity contribution < 1.29 is 14.4 Å². The maximum Gasteiger partial charge on any atom is 0.255 e. The number of aliphatic hydroxyl groups excluding tert-OH is 1. The largest absolute Gasteiger partial charge is 0.391 e. The summed E-state index contributed by atoms with van der Waals surface area (Å²) in [6.45, 7) is 2.55. The number of rotatable bonds is 3. The number of nitrogens with one attached hydrogen (secondary N) is 1. The van der Waals surface area contributed by atoms with E-state index in [1.165, 1.54) is 18.3 Å². The van der Waals surface area contributed by atoms with Crippen LogP contribution in [0, 0.1) is 12.8 Å². The molecule has 1 fully saturated rings. The summed E-state index contributed by atoms with van der Waals surface area (Å²) < 4.78 is 5.16. The predicted octanol–water partition coefficient (Wildman–Crippen LogP) is 0.347. The van der Waals surface area contributed by atoms with Crippen molar-refractivity contribution in [2.45, 2.75) is 19.4 Å². The van der Waals surface area contributed by atoms with Crippen molar-refractivity contribution in [2.75, 3.05) is 13.1 Å². The second kappa shape index (κ2) is 5.76. The lowest BCUT2D eigenvalue weighted by atomic mass is 10.0. The highest BCUT2D eigenvalue weighted by atomic mass is 16.5. The quantitative estimate of drug-likeness (QED) is 0.852. The number of aryl methyl sites for hydroxylation is 1. The molecule has 2 N–H and O–H groups in total. The summed E-state index contributed by atoms with van der Waals surface area (Å²) in [5.41, 5.74) is 0.947. The first-order chi connectivity index (χ1) is 10.5. The van der Waals surface area contributed by atoms with E-state index >= 15 is 0 Å². The normalized spacial score (nSPS) is 21.3. The molecule has 1 amide bonds. The average molecular weight is 303 g/mol. The Hall–Kier alpha value is -2.41. The van der Waals surface area contributed by atoms with Crippen molar-refractivity contribution in [1.82, 2.24) is 15.0 Å². The Morgan fingerprint density at radius 2 is 2.32 bits per heavy atom. The molecule has 0 bridgehead atoms. The summed E-state index contributed by atoms with van der Waals surface area (Å²) in [6, 6.07) is 4.63. The summed E-state index contributed by atoms with van der Waals surface area (Å²) >= 11 is 0. The van der Waals surface area contributed by atoms with Crippen LogP contribution >= 0.6 is 0 Å². The van der Waals surface area contributed by atoms with Gasteiger partial charge < -0.3 is 19.5 Å². The molecule has 0 saturated carbocycles. The van der Waals surface area contributed by atoms with Crippen LogP contribution in [-0.2, 0) is 6.42 Å². The van der Waals surface area contributed by atoms with E-state index in [-0.39, 0.29) is 23.9 Å². The molecule has 2 aromatic rings. The summed E-state index contributed by atoms with van der Waals surface area (Å²) in [4.78, 5) is 27.5. The zero-order valence-electron chi connectivity index (χ0n) is 12.2. The van der Waals surface area contributed by atoms with Crippen molar-refractivity contribution in [3.05, 3.63) is 51.8 Å². The highest BCUT2D eigenvalue weighted by molar-refractivity contribution is 5.94. The van der Waals surface area contributed by atoms with Crippen LogP contribution in [0.4, 0.5) is 0 Å². The first-order valence-electron chi connectivity index (χ1n) is 7.11. The first kappa shape index (κ1) is 14.5. The van der Waals surface area contributed by atoms with Gasteiger partial charge in [0.25, 0.3) is 5.91 Å². The van der Waals surface area contributed by atoms with Crippen LogP contribution in [0.1, 0.15) is 21.8 Å². The number of carbonyl (C=O) groups is 1. The molecule has 0 spiro atoms. The number of hydrogen-bond acceptors (Lipinski definition) is 5.